The number of hydrogen-bond donors (Lipinski definition) is 11. The molecule has 3 rings (SSSR count). The molecule has 0 aromatic rings. The highest BCUT2D eigenvalue weighted by molar-refractivity contribution is 5.80. The van der Waals surface area contributed by atoms with Crippen molar-refractivity contribution in [1.82, 2.24) is 16.0 Å². The quantitative estimate of drug-likeness (QED) is 0.0823. The molecule has 0 bridgehead atoms. The summed E-state index contributed by atoms with van der Waals surface area (Å²) in [6, 6.07) is -2.99. The van der Waals surface area contributed by atoms with Crippen LogP contribution in [0.2, 0.25) is 0 Å². The lowest BCUT2D eigenvalue weighted by atomic mass is 9.83. The molecule has 1 saturated carbocycles. The number of aliphatic hydroxyl groups excluding tert-OH is 4. The van der Waals surface area contributed by atoms with Crippen molar-refractivity contribution in [3.63, 3.8) is 0 Å². The number of carbonyl (C=O) groups is 1. The summed E-state index contributed by atoms with van der Waals surface area (Å²) in [5.41, 5.74) is 16.8. The summed E-state index contributed by atoms with van der Waals surface area (Å²) in [6.07, 6.45) is -6.79. The first kappa shape index (κ1) is 35.4. The van der Waals surface area contributed by atoms with Crippen LogP contribution in [0.4, 0.5) is 0 Å². The molecule has 246 valence electrons. The van der Waals surface area contributed by atoms with Crippen LogP contribution in [-0.4, -0.2) is 150 Å². The minimum atomic E-state index is -1.44. The van der Waals surface area contributed by atoms with E-state index in [1.807, 2.05) is 0 Å². The smallest absolute Gasteiger partial charge is 0.249 e. The monoisotopic (exact) mass is 608 g/mol. The molecular weight excluding hydrogens is 556 g/mol. The number of aliphatic hydroxyl groups is 5. The first-order valence-electron chi connectivity index (χ1n) is 14.8. The molecule has 16 nitrogen and oxygen atoms in total. The molecule has 2 aliphatic heterocycles. The van der Waals surface area contributed by atoms with Gasteiger partial charge in [0, 0.05) is 19.1 Å². The molecule has 16 heteroatoms. The van der Waals surface area contributed by atoms with E-state index in [-0.39, 0.29) is 32.2 Å². The highest BCUT2D eigenvalue weighted by Gasteiger charge is 2.52. The van der Waals surface area contributed by atoms with Crippen molar-refractivity contribution in [2.24, 2.45) is 17.2 Å². The van der Waals surface area contributed by atoms with Gasteiger partial charge < -0.3 is 77.6 Å². The molecule has 6 unspecified atom stereocenters. The van der Waals surface area contributed by atoms with Gasteiger partial charge in [0.05, 0.1) is 37.4 Å². The second kappa shape index (κ2) is 16.3. The van der Waals surface area contributed by atoms with Crippen LogP contribution >= 0.6 is 0 Å². The third-order valence-electron chi connectivity index (χ3n) is 8.21. The van der Waals surface area contributed by atoms with Crippen LogP contribution in [0.3, 0.4) is 0 Å². The predicted octanol–water partition coefficient (Wildman–Crippen LogP) is -5.10. The Morgan fingerprint density at radius 3 is 2.50 bits per heavy atom. The summed E-state index contributed by atoms with van der Waals surface area (Å²) in [7, 11) is 1.58. The Bertz CT molecular complexity index is 830. The van der Waals surface area contributed by atoms with Crippen molar-refractivity contribution in [2.45, 2.75) is 118 Å². The number of carbonyl (C=O) groups excluding carboxylic acids is 1. The number of nitrogens with one attached hydrogen (secondary N) is 3. The molecule has 2 heterocycles. The molecule has 1 aliphatic carbocycles. The predicted molar refractivity (Wildman–Crippen MR) is 150 cm³/mol. The Labute approximate surface area is 246 Å². The second-order valence-corrected chi connectivity index (χ2v) is 11.7. The second-order valence-electron chi connectivity index (χ2n) is 11.7. The van der Waals surface area contributed by atoms with Crippen LogP contribution in [0, 0.1) is 0 Å². The van der Waals surface area contributed by atoms with Crippen molar-refractivity contribution in [3.8, 4) is 0 Å². The van der Waals surface area contributed by atoms with Crippen LogP contribution in [0.1, 0.15) is 39.0 Å². The van der Waals surface area contributed by atoms with E-state index >= 15 is 0 Å². The maximum atomic E-state index is 12.8. The molecule has 13 atom stereocenters. The molecule has 3 fully saturated rings. The summed E-state index contributed by atoms with van der Waals surface area (Å²) in [5.74, 6) is -0.683. The minimum Gasteiger partial charge on any atom is -0.395 e. The van der Waals surface area contributed by atoms with Gasteiger partial charge >= 0.3 is 0 Å². The summed E-state index contributed by atoms with van der Waals surface area (Å²) >= 11 is 0. The van der Waals surface area contributed by atoms with Crippen molar-refractivity contribution >= 4 is 5.91 Å². The molecule has 2 saturated heterocycles. The highest BCUT2D eigenvalue weighted by atomic mass is 16.7. The Hall–Kier alpha value is -1.09. The molecule has 14 N–H and O–H groups in total. The van der Waals surface area contributed by atoms with Crippen molar-refractivity contribution in [3.05, 3.63) is 0 Å². The van der Waals surface area contributed by atoms with E-state index in [9.17, 15) is 25.2 Å². The van der Waals surface area contributed by atoms with Gasteiger partial charge in [-0.3, -0.25) is 4.79 Å². The van der Waals surface area contributed by atoms with Gasteiger partial charge in [-0.25, -0.2) is 0 Å². The molecular formula is C26H52N6O10. The number of likely N-dealkylation sites (N-methyl/N-ethyl adjacent to an activating group) is 1. The maximum absolute atomic E-state index is 12.8. The molecule has 42 heavy (non-hydrogen) atoms. The normalized spacial score (nSPS) is 41.8. The Balaban J connectivity index is 1.78. The molecule has 0 radical (unpaired) electrons. The molecule has 0 aromatic heterocycles. The lowest BCUT2D eigenvalue weighted by Crippen LogP contribution is -2.69. The standard InChI is InChI=1S/C26H52N6O10/c1-26(38)12-39-25(19(36)22(26)30-2)42-21-16(32-23(37)17(34)4-3-7-27)10-15(29)20(18(21)35)41-24-14(28)6-5-13(40-24)11-31-8-9-33/h13-22,24-25,30-31,33-36,38H,3-12,27-29H2,1-2H3,(H,32,37)/t13-,14?,15-,16+,17-,18?,19?,20?,21?,22+,24+,25+,26?/m0/s1. The van der Waals surface area contributed by atoms with E-state index in [2.05, 4.69) is 16.0 Å². The van der Waals surface area contributed by atoms with Crippen molar-refractivity contribution < 1.29 is 49.3 Å². The fourth-order valence-corrected chi connectivity index (χ4v) is 5.83. The molecule has 1 amide bonds. The summed E-state index contributed by atoms with van der Waals surface area (Å²) in [4.78, 5) is 12.8. The average molecular weight is 609 g/mol. The highest BCUT2D eigenvalue weighted by Crippen LogP contribution is 2.32. The summed E-state index contributed by atoms with van der Waals surface area (Å²) in [6.45, 7) is 2.52. The van der Waals surface area contributed by atoms with E-state index in [0.29, 0.717) is 38.9 Å². The summed E-state index contributed by atoms with van der Waals surface area (Å²) in [5, 5.41) is 61.2. The zero-order valence-electron chi connectivity index (χ0n) is 24.5. The molecule has 3 aliphatic rings. The zero-order valence-corrected chi connectivity index (χ0v) is 24.5. The van der Waals surface area contributed by atoms with E-state index in [1.54, 1.807) is 7.05 Å². The van der Waals surface area contributed by atoms with Crippen LogP contribution in [0.25, 0.3) is 0 Å². The zero-order chi connectivity index (χ0) is 31.0. The summed E-state index contributed by atoms with van der Waals surface area (Å²) < 4.78 is 24.0. The number of nitrogens with two attached hydrogens (primary N) is 3. The van der Waals surface area contributed by atoms with E-state index < -0.39 is 78.8 Å². The van der Waals surface area contributed by atoms with Gasteiger partial charge in [0.2, 0.25) is 5.91 Å². The third kappa shape index (κ3) is 8.98. The lowest BCUT2D eigenvalue weighted by Gasteiger charge is -2.49. The van der Waals surface area contributed by atoms with Gasteiger partial charge in [-0.15, -0.1) is 0 Å². The fourth-order valence-electron chi connectivity index (χ4n) is 5.83. The maximum Gasteiger partial charge on any atom is 0.249 e. The third-order valence-corrected chi connectivity index (χ3v) is 8.21. The number of rotatable bonds is 14. The van der Waals surface area contributed by atoms with Gasteiger partial charge in [-0.1, -0.05) is 0 Å². The van der Waals surface area contributed by atoms with Gasteiger partial charge in [0.25, 0.3) is 0 Å². The van der Waals surface area contributed by atoms with Crippen molar-refractivity contribution in [1.29, 1.82) is 0 Å². The fraction of sp³-hybridized carbons (Fsp3) is 0.962. The molecule has 0 spiro atoms. The van der Waals surface area contributed by atoms with Gasteiger partial charge in [0.1, 0.15) is 36.1 Å². The number of ether oxygens (including phenoxy) is 4. The van der Waals surface area contributed by atoms with Crippen LogP contribution in [-0.2, 0) is 23.7 Å². The Morgan fingerprint density at radius 2 is 1.83 bits per heavy atom. The van der Waals surface area contributed by atoms with Crippen LogP contribution < -0.4 is 33.2 Å². The van der Waals surface area contributed by atoms with E-state index in [0.717, 1.165) is 0 Å². The van der Waals surface area contributed by atoms with Crippen LogP contribution in [0.5, 0.6) is 0 Å². The average Bonchev–Trinajstić information content (AvgIpc) is 2.94. The van der Waals surface area contributed by atoms with Gasteiger partial charge in [0.15, 0.2) is 12.6 Å². The molecule has 0 aromatic carbocycles. The van der Waals surface area contributed by atoms with Gasteiger partial charge in [-0.05, 0) is 52.6 Å². The van der Waals surface area contributed by atoms with E-state index in [1.165, 1.54) is 6.92 Å². The number of amides is 1. The van der Waals surface area contributed by atoms with Gasteiger partial charge in [-0.2, -0.15) is 0 Å². The first-order valence-corrected chi connectivity index (χ1v) is 14.8. The Morgan fingerprint density at radius 1 is 1.12 bits per heavy atom. The van der Waals surface area contributed by atoms with E-state index in [4.69, 9.17) is 41.3 Å². The largest absolute Gasteiger partial charge is 0.395 e. The first-order chi connectivity index (χ1) is 19.9. The topological polar surface area (TPSA) is 269 Å². The minimum absolute atomic E-state index is 0.00949. The number of hydrogen-bond acceptors (Lipinski definition) is 15. The van der Waals surface area contributed by atoms with Crippen molar-refractivity contribution in [2.75, 3.05) is 39.9 Å². The SMILES string of the molecule is CN[C@@H]1C(O)[C@@H](OC2C(O)C(O[C@H]3O[C@H](CNCCO)CCC3N)[C@@H](N)C[C@H]2NC(=O)[C@@H](O)CCCN)OCC1(C)O. The lowest BCUT2D eigenvalue weighted by molar-refractivity contribution is -0.307. The Kier molecular flexibility index (Phi) is 13.7. The van der Waals surface area contributed by atoms with Crippen LogP contribution in [0.15, 0.2) is 0 Å².